The summed E-state index contributed by atoms with van der Waals surface area (Å²) in [5, 5.41) is 8.59. The molecule has 4 nitrogen and oxygen atoms in total. The Morgan fingerprint density at radius 1 is 1.30 bits per heavy atom. The molecule has 3 aromatic rings. The lowest BCUT2D eigenvalue weighted by atomic mass is 9.92. The molecule has 2 atom stereocenters. The van der Waals surface area contributed by atoms with Crippen LogP contribution in [0, 0.1) is 9.62 Å². The first kappa shape index (κ1) is 17.2. The van der Waals surface area contributed by atoms with Crippen molar-refractivity contribution >= 4 is 45.1 Å². The Bertz CT molecular complexity index is 1060. The van der Waals surface area contributed by atoms with E-state index in [2.05, 4.69) is 83.0 Å². The lowest BCUT2D eigenvalue weighted by molar-refractivity contribution is -0.120. The molecule has 1 N–H and O–H groups in total. The van der Waals surface area contributed by atoms with Gasteiger partial charge >= 0.3 is 0 Å². The van der Waals surface area contributed by atoms with Crippen molar-refractivity contribution in [3.63, 3.8) is 0 Å². The van der Waals surface area contributed by atoms with Crippen molar-refractivity contribution in [2.24, 2.45) is 5.92 Å². The van der Waals surface area contributed by atoms with Crippen LogP contribution >= 0.6 is 22.6 Å². The monoisotopic (exact) mass is 471 g/mol. The molecule has 1 aliphatic carbocycles. The molecule has 0 bridgehead atoms. The number of hydrogen-bond acceptors (Lipinski definition) is 2. The number of aromatic amines is 1. The van der Waals surface area contributed by atoms with Gasteiger partial charge in [-0.25, -0.2) is 0 Å². The number of hydrogen-bond donors (Lipinski definition) is 1. The number of benzene rings is 2. The van der Waals surface area contributed by atoms with Gasteiger partial charge in [0.25, 0.3) is 0 Å². The number of rotatable bonds is 4. The summed E-state index contributed by atoms with van der Waals surface area (Å²) in [4.78, 5) is 15.5. The summed E-state index contributed by atoms with van der Waals surface area (Å²) >= 11 is 2.27. The molecule has 0 saturated heterocycles. The average molecular weight is 471 g/mol. The van der Waals surface area contributed by atoms with E-state index in [4.69, 9.17) is 0 Å². The number of fused-ring (bicyclic) bond motifs is 3. The number of nitrogens with zero attached hydrogens (tertiary/aromatic N) is 2. The van der Waals surface area contributed by atoms with Gasteiger partial charge in [0.2, 0.25) is 5.91 Å². The number of carbonyl (C=O) groups is 1. The number of nitrogens with one attached hydrogen (secondary N) is 1. The second-order valence-electron chi connectivity index (χ2n) is 8.20. The quantitative estimate of drug-likeness (QED) is 0.546. The molecule has 5 rings (SSSR count). The zero-order valence-corrected chi connectivity index (χ0v) is 17.7. The fourth-order valence-electron chi connectivity index (χ4n) is 4.57. The van der Waals surface area contributed by atoms with E-state index in [1.807, 2.05) is 11.0 Å². The molecule has 138 valence electrons. The fraction of sp³-hybridized carbons (Fsp3) is 0.364. The molecule has 1 saturated carbocycles. The zero-order valence-electron chi connectivity index (χ0n) is 15.5. The molecule has 1 aliphatic heterocycles. The predicted molar refractivity (Wildman–Crippen MR) is 116 cm³/mol. The van der Waals surface area contributed by atoms with E-state index in [1.165, 1.54) is 11.1 Å². The van der Waals surface area contributed by atoms with Gasteiger partial charge in [-0.15, -0.1) is 0 Å². The van der Waals surface area contributed by atoms with Crippen LogP contribution in [0.2, 0.25) is 0 Å². The molecule has 5 heteroatoms. The number of H-pyrrole nitrogens is 1. The van der Waals surface area contributed by atoms with Crippen molar-refractivity contribution in [3.05, 3.63) is 57.3 Å². The topological polar surface area (TPSA) is 49.0 Å². The van der Waals surface area contributed by atoms with Crippen molar-refractivity contribution in [1.29, 1.82) is 0 Å². The van der Waals surface area contributed by atoms with Gasteiger partial charge in [0.15, 0.2) is 0 Å². The van der Waals surface area contributed by atoms with E-state index in [9.17, 15) is 4.79 Å². The Morgan fingerprint density at radius 3 is 2.93 bits per heavy atom. The van der Waals surface area contributed by atoms with Crippen LogP contribution in [0.5, 0.6) is 0 Å². The largest absolute Gasteiger partial charge is 0.311 e. The normalized spacial score (nSPS) is 23.6. The Morgan fingerprint density at radius 2 is 2.11 bits per heavy atom. The summed E-state index contributed by atoms with van der Waals surface area (Å²) in [5.41, 5.74) is 4.15. The van der Waals surface area contributed by atoms with Crippen LogP contribution in [0.3, 0.4) is 0 Å². The van der Waals surface area contributed by atoms with Crippen molar-refractivity contribution in [1.82, 2.24) is 10.2 Å². The highest BCUT2D eigenvalue weighted by Crippen LogP contribution is 2.66. The maximum Gasteiger partial charge on any atom is 0.238 e. The summed E-state index contributed by atoms with van der Waals surface area (Å²) < 4.78 is 1.06. The molecule has 2 aromatic carbocycles. The average Bonchev–Trinajstić information content (AvgIpc) is 3.25. The van der Waals surface area contributed by atoms with E-state index in [1.54, 1.807) is 0 Å². The molecular formula is C22H22IN3O. The van der Waals surface area contributed by atoms with Gasteiger partial charge < -0.3 is 4.90 Å². The van der Waals surface area contributed by atoms with Crippen LogP contribution in [-0.4, -0.2) is 22.6 Å². The summed E-state index contributed by atoms with van der Waals surface area (Å²) in [6.07, 6.45) is 1.92. The Labute approximate surface area is 172 Å². The van der Waals surface area contributed by atoms with Crippen LogP contribution in [0.1, 0.15) is 43.7 Å². The van der Waals surface area contributed by atoms with E-state index in [0.29, 0.717) is 5.92 Å². The van der Waals surface area contributed by atoms with E-state index in [0.717, 1.165) is 39.7 Å². The lowest BCUT2D eigenvalue weighted by Gasteiger charge is -2.19. The number of aromatic nitrogens is 2. The number of carbonyl (C=O) groups excluding carboxylic acids is 1. The molecule has 1 aromatic heterocycles. The second-order valence-corrected chi connectivity index (χ2v) is 9.28. The summed E-state index contributed by atoms with van der Waals surface area (Å²) in [6, 6.07) is 14.8. The number of halogens is 1. The fourth-order valence-corrected chi connectivity index (χ4v) is 5.15. The van der Waals surface area contributed by atoms with Crippen molar-refractivity contribution in [2.45, 2.75) is 38.0 Å². The SMILES string of the molecule is CC(C)CCN1C(=O)C2(C[C@H]2c2ccc3c(I)[nH]nc3c2)c2ccccc21. The van der Waals surface area contributed by atoms with Gasteiger partial charge in [0.1, 0.15) is 3.70 Å². The number of amides is 1. The minimum Gasteiger partial charge on any atom is -0.311 e. The Kier molecular flexibility index (Phi) is 3.86. The summed E-state index contributed by atoms with van der Waals surface area (Å²) in [5.74, 6) is 1.11. The van der Waals surface area contributed by atoms with Gasteiger partial charge in [-0.3, -0.25) is 9.89 Å². The molecule has 1 amide bonds. The van der Waals surface area contributed by atoms with E-state index in [-0.39, 0.29) is 17.2 Å². The standard InChI is InChI=1S/C22H22IN3O/c1-13(2)9-10-26-19-6-4-3-5-16(19)22(21(26)27)12-17(22)14-7-8-15-18(11-14)24-25-20(15)23/h3-8,11,13,17H,9-10,12H2,1-2H3,(H,24,25)/t17-,22?/m0/s1. The highest BCUT2D eigenvalue weighted by molar-refractivity contribution is 14.1. The minimum absolute atomic E-state index is 0.244. The van der Waals surface area contributed by atoms with Crippen LogP contribution in [0.15, 0.2) is 42.5 Å². The minimum atomic E-state index is -0.370. The van der Waals surface area contributed by atoms with E-state index >= 15 is 0 Å². The summed E-state index contributed by atoms with van der Waals surface area (Å²) in [7, 11) is 0. The van der Waals surface area contributed by atoms with Gasteiger partial charge in [0, 0.05) is 23.5 Å². The number of anilines is 1. The molecule has 1 fully saturated rings. The third kappa shape index (κ3) is 2.47. The number of para-hydroxylation sites is 1. The molecule has 2 aliphatic rings. The van der Waals surface area contributed by atoms with Gasteiger partial charge in [-0.05, 0) is 70.7 Å². The smallest absolute Gasteiger partial charge is 0.238 e. The molecule has 1 unspecified atom stereocenters. The molecular weight excluding hydrogens is 449 g/mol. The maximum atomic E-state index is 13.5. The second kappa shape index (κ2) is 6.06. The van der Waals surface area contributed by atoms with Crippen molar-refractivity contribution in [2.75, 3.05) is 11.4 Å². The first-order valence-corrected chi connectivity index (χ1v) is 10.6. The first-order chi connectivity index (χ1) is 13.0. The van der Waals surface area contributed by atoms with Crippen LogP contribution in [-0.2, 0) is 10.2 Å². The third-order valence-corrected chi connectivity index (χ3v) is 6.95. The highest BCUT2D eigenvalue weighted by atomic mass is 127. The molecule has 0 radical (unpaired) electrons. The maximum absolute atomic E-state index is 13.5. The van der Waals surface area contributed by atoms with Gasteiger partial charge in [-0.1, -0.05) is 38.1 Å². The van der Waals surface area contributed by atoms with Gasteiger partial charge in [0.05, 0.1) is 10.9 Å². The summed E-state index contributed by atoms with van der Waals surface area (Å²) in [6.45, 7) is 5.23. The van der Waals surface area contributed by atoms with Gasteiger partial charge in [-0.2, -0.15) is 5.10 Å². The Balaban J connectivity index is 1.53. The lowest BCUT2D eigenvalue weighted by Crippen LogP contribution is -2.34. The van der Waals surface area contributed by atoms with Crippen LogP contribution < -0.4 is 4.90 Å². The van der Waals surface area contributed by atoms with Crippen molar-refractivity contribution in [3.8, 4) is 0 Å². The molecule has 27 heavy (non-hydrogen) atoms. The van der Waals surface area contributed by atoms with Crippen LogP contribution in [0.4, 0.5) is 5.69 Å². The van der Waals surface area contributed by atoms with E-state index < -0.39 is 0 Å². The van der Waals surface area contributed by atoms with Crippen LogP contribution in [0.25, 0.3) is 10.9 Å². The Hall–Kier alpha value is -1.89. The highest BCUT2D eigenvalue weighted by Gasteiger charge is 2.66. The molecule has 2 heterocycles. The van der Waals surface area contributed by atoms with Crippen molar-refractivity contribution < 1.29 is 4.79 Å². The zero-order chi connectivity index (χ0) is 18.8. The molecule has 1 spiro atoms. The third-order valence-electron chi connectivity index (χ3n) is 6.13. The first-order valence-electron chi connectivity index (χ1n) is 9.57. The predicted octanol–water partition coefficient (Wildman–Crippen LogP) is 4.99.